The Kier molecular flexibility index (Phi) is 7.64. The molecule has 310 valence electrons. The summed E-state index contributed by atoms with van der Waals surface area (Å²) in [6.07, 6.45) is 0. The monoisotopic (exact) mass is 845 g/mol. The van der Waals surface area contributed by atoms with Crippen LogP contribution in [0, 0.1) is 0 Å². The zero-order chi connectivity index (χ0) is 43.7. The average molecular weight is 846 g/mol. The van der Waals surface area contributed by atoms with Gasteiger partial charge < -0.3 is 13.6 Å². The molecule has 0 saturated heterocycles. The highest BCUT2D eigenvalue weighted by Gasteiger charge is 2.36. The predicted octanol–water partition coefficient (Wildman–Crippen LogP) is 15.3. The number of rotatable bonds is 5. The molecule has 6 heteroatoms. The summed E-state index contributed by atoms with van der Waals surface area (Å²) in [5, 5.41) is 6.82. The minimum Gasteiger partial charge on any atom is -0.456 e. The number of benzene rings is 9. The Bertz CT molecular complexity index is 4100. The van der Waals surface area contributed by atoms with E-state index in [2.05, 4.69) is 175 Å². The fraction of sp³-hybridized carbons (Fsp3) is 0.0500. The van der Waals surface area contributed by atoms with E-state index in [1.807, 2.05) is 48.5 Å². The summed E-state index contributed by atoms with van der Waals surface area (Å²) < 4.78 is 11.2. The van der Waals surface area contributed by atoms with Crippen molar-refractivity contribution in [3.63, 3.8) is 0 Å². The van der Waals surface area contributed by atoms with Crippen LogP contribution in [0.15, 0.2) is 205 Å². The van der Waals surface area contributed by atoms with Crippen molar-refractivity contribution in [2.45, 2.75) is 19.3 Å². The van der Waals surface area contributed by atoms with Crippen LogP contribution < -0.4 is 0 Å². The minimum absolute atomic E-state index is 0.171. The van der Waals surface area contributed by atoms with Crippen LogP contribution in [-0.2, 0) is 5.41 Å². The number of nitrogens with zero attached hydrogens (tertiary/aromatic N) is 5. The largest absolute Gasteiger partial charge is 0.456 e. The standard InChI is InChI=1S/C60H39N5O/c1-60(2)48-25-11-6-19-40(48)46-34-47-43-22-9-14-28-52(43)65(53(47)35-49(46)60)39-32-37(31-38(33-39)64-50-26-12-7-20-41(50)42-21-8-13-27-51(42)64)58-61-57(36-17-4-3-5-18-36)62-59(63-58)45-24-16-30-55-56(45)44-23-10-15-29-54(44)66-55/h3-35H,1-2H3. The third-order valence-electron chi connectivity index (χ3n) is 13.9. The molecule has 0 bridgehead atoms. The van der Waals surface area contributed by atoms with Gasteiger partial charge in [0, 0.05) is 65.8 Å². The third kappa shape index (κ3) is 5.27. The number of hydrogen-bond acceptors (Lipinski definition) is 4. The number of fused-ring (bicyclic) bond motifs is 12. The van der Waals surface area contributed by atoms with Crippen LogP contribution >= 0.6 is 0 Å². The van der Waals surface area contributed by atoms with Crippen LogP contribution in [0.1, 0.15) is 25.0 Å². The summed E-state index contributed by atoms with van der Waals surface area (Å²) in [5.74, 6) is 1.75. The van der Waals surface area contributed by atoms with Gasteiger partial charge in [-0.2, -0.15) is 0 Å². The molecule has 1 aliphatic carbocycles. The van der Waals surface area contributed by atoms with Gasteiger partial charge in [-0.05, 0) is 82.9 Å². The fourth-order valence-electron chi connectivity index (χ4n) is 10.9. The molecular formula is C60H39N5O. The number of aromatic nitrogens is 5. The maximum absolute atomic E-state index is 6.38. The smallest absolute Gasteiger partial charge is 0.164 e. The summed E-state index contributed by atoms with van der Waals surface area (Å²) in [6.45, 7) is 4.71. The van der Waals surface area contributed by atoms with Gasteiger partial charge in [-0.1, -0.05) is 153 Å². The maximum atomic E-state index is 6.38. The van der Waals surface area contributed by atoms with Crippen molar-refractivity contribution in [1.82, 2.24) is 24.1 Å². The average Bonchev–Trinajstić information content (AvgIpc) is 4.08. The Morgan fingerprint density at radius 3 is 1.61 bits per heavy atom. The summed E-state index contributed by atoms with van der Waals surface area (Å²) >= 11 is 0. The molecular weight excluding hydrogens is 807 g/mol. The lowest BCUT2D eigenvalue weighted by atomic mass is 9.82. The van der Waals surface area contributed by atoms with Gasteiger partial charge in [0.15, 0.2) is 17.5 Å². The fourth-order valence-corrected chi connectivity index (χ4v) is 10.9. The van der Waals surface area contributed by atoms with E-state index in [0.29, 0.717) is 17.5 Å². The molecule has 0 fully saturated rings. The molecule has 13 aromatic rings. The molecule has 0 radical (unpaired) electrons. The van der Waals surface area contributed by atoms with Crippen molar-refractivity contribution < 1.29 is 4.42 Å². The first kappa shape index (κ1) is 36.8. The Labute approximate surface area is 379 Å². The molecule has 0 amide bonds. The van der Waals surface area contributed by atoms with Gasteiger partial charge in [-0.15, -0.1) is 0 Å². The predicted molar refractivity (Wildman–Crippen MR) is 270 cm³/mol. The molecule has 0 saturated carbocycles. The summed E-state index contributed by atoms with van der Waals surface area (Å²) in [4.78, 5) is 16.0. The zero-order valence-electron chi connectivity index (χ0n) is 36.2. The van der Waals surface area contributed by atoms with E-state index in [1.54, 1.807) is 0 Å². The molecule has 4 aromatic heterocycles. The zero-order valence-corrected chi connectivity index (χ0v) is 36.2. The summed E-state index contributed by atoms with van der Waals surface area (Å²) in [6, 6.07) is 71.3. The molecule has 0 N–H and O–H groups in total. The van der Waals surface area contributed by atoms with Gasteiger partial charge in [0.05, 0.1) is 22.1 Å². The van der Waals surface area contributed by atoms with Gasteiger partial charge in [0.2, 0.25) is 0 Å². The van der Waals surface area contributed by atoms with Crippen molar-refractivity contribution in [3.8, 4) is 56.7 Å². The van der Waals surface area contributed by atoms with Gasteiger partial charge in [-0.25, -0.2) is 15.0 Å². The Balaban J connectivity index is 1.09. The number of hydrogen-bond donors (Lipinski definition) is 0. The number of para-hydroxylation sites is 4. The molecule has 66 heavy (non-hydrogen) atoms. The topological polar surface area (TPSA) is 61.7 Å². The summed E-state index contributed by atoms with van der Waals surface area (Å²) in [5.41, 5.74) is 16.0. The summed E-state index contributed by atoms with van der Waals surface area (Å²) in [7, 11) is 0. The first-order valence-corrected chi connectivity index (χ1v) is 22.5. The second-order valence-electron chi connectivity index (χ2n) is 18.0. The lowest BCUT2D eigenvalue weighted by Crippen LogP contribution is -2.15. The second kappa shape index (κ2) is 13.7. The van der Waals surface area contributed by atoms with E-state index in [0.717, 1.165) is 72.1 Å². The van der Waals surface area contributed by atoms with Crippen LogP contribution in [0.5, 0.6) is 0 Å². The molecule has 4 heterocycles. The molecule has 14 rings (SSSR count). The maximum Gasteiger partial charge on any atom is 0.164 e. The van der Waals surface area contributed by atoms with E-state index in [-0.39, 0.29) is 5.41 Å². The van der Waals surface area contributed by atoms with Crippen LogP contribution in [0.3, 0.4) is 0 Å². The van der Waals surface area contributed by atoms with E-state index in [1.165, 1.54) is 43.8 Å². The van der Waals surface area contributed by atoms with Gasteiger partial charge in [-0.3, -0.25) is 0 Å². The second-order valence-corrected chi connectivity index (χ2v) is 18.0. The van der Waals surface area contributed by atoms with E-state index < -0.39 is 0 Å². The van der Waals surface area contributed by atoms with Crippen molar-refractivity contribution in [1.29, 1.82) is 0 Å². The first-order valence-electron chi connectivity index (χ1n) is 22.5. The van der Waals surface area contributed by atoms with E-state index in [4.69, 9.17) is 19.4 Å². The van der Waals surface area contributed by atoms with Gasteiger partial charge in [0.25, 0.3) is 0 Å². The normalized spacial score (nSPS) is 13.1. The SMILES string of the molecule is CC1(C)c2ccccc2-c2cc3c4ccccc4n(-c4cc(-c5nc(-c6ccccc6)nc(-c6cccc7oc8ccccc8c67)n5)cc(-n5c6ccccc6c6ccccc65)c4)c3cc21. The molecule has 0 spiro atoms. The highest BCUT2D eigenvalue weighted by atomic mass is 16.3. The molecule has 0 unspecified atom stereocenters. The quantitative estimate of drug-likeness (QED) is 0.173. The first-order chi connectivity index (χ1) is 32.5. The molecule has 0 aliphatic heterocycles. The highest BCUT2D eigenvalue weighted by molar-refractivity contribution is 6.13. The number of furan rings is 1. The Morgan fingerprint density at radius 1 is 0.364 bits per heavy atom. The molecule has 0 atom stereocenters. The van der Waals surface area contributed by atoms with Crippen molar-refractivity contribution in [2.24, 2.45) is 0 Å². The Morgan fingerprint density at radius 2 is 0.894 bits per heavy atom. The lowest BCUT2D eigenvalue weighted by Gasteiger charge is -2.22. The van der Waals surface area contributed by atoms with Crippen LogP contribution in [-0.4, -0.2) is 24.1 Å². The molecule has 1 aliphatic rings. The van der Waals surface area contributed by atoms with Gasteiger partial charge in [0.1, 0.15) is 11.2 Å². The van der Waals surface area contributed by atoms with Crippen molar-refractivity contribution in [2.75, 3.05) is 0 Å². The molecule has 9 aromatic carbocycles. The third-order valence-corrected chi connectivity index (χ3v) is 13.9. The van der Waals surface area contributed by atoms with Gasteiger partial charge >= 0.3 is 0 Å². The van der Waals surface area contributed by atoms with E-state index in [9.17, 15) is 0 Å². The van der Waals surface area contributed by atoms with Crippen molar-refractivity contribution >= 4 is 65.6 Å². The van der Waals surface area contributed by atoms with Crippen LogP contribution in [0.25, 0.3) is 122 Å². The van der Waals surface area contributed by atoms with E-state index >= 15 is 0 Å². The lowest BCUT2D eigenvalue weighted by molar-refractivity contribution is 0.661. The van der Waals surface area contributed by atoms with Crippen LogP contribution in [0.2, 0.25) is 0 Å². The van der Waals surface area contributed by atoms with Crippen molar-refractivity contribution in [3.05, 3.63) is 211 Å². The minimum atomic E-state index is -0.171. The van der Waals surface area contributed by atoms with Crippen LogP contribution in [0.4, 0.5) is 0 Å². The molecule has 6 nitrogen and oxygen atoms in total. The highest BCUT2D eigenvalue weighted by Crippen LogP contribution is 2.51. The Hall–Kier alpha value is -8.61.